The summed E-state index contributed by atoms with van der Waals surface area (Å²) in [7, 11) is 0. The number of amides is 1. The van der Waals surface area contributed by atoms with Crippen molar-refractivity contribution >= 4 is 28.8 Å². The molecule has 0 saturated carbocycles. The molecule has 0 aliphatic carbocycles. The van der Waals surface area contributed by atoms with Gasteiger partial charge < -0.3 is 5.32 Å². The highest BCUT2D eigenvalue weighted by molar-refractivity contribution is 7.07. The number of halogens is 1. The van der Waals surface area contributed by atoms with E-state index in [0.717, 1.165) is 5.69 Å². The van der Waals surface area contributed by atoms with Gasteiger partial charge in [-0.15, -0.1) is 11.3 Å². The lowest BCUT2D eigenvalue weighted by atomic mass is 10.4. The third kappa shape index (κ3) is 2.74. The van der Waals surface area contributed by atoms with Crippen LogP contribution in [0.4, 0.5) is 0 Å². The van der Waals surface area contributed by atoms with Gasteiger partial charge in [-0.25, -0.2) is 9.97 Å². The molecule has 0 aromatic carbocycles. The first-order valence-corrected chi connectivity index (χ1v) is 5.70. The predicted molar refractivity (Wildman–Crippen MR) is 60.3 cm³/mol. The van der Waals surface area contributed by atoms with Crippen LogP contribution in [-0.4, -0.2) is 20.9 Å². The molecule has 0 fully saturated rings. The van der Waals surface area contributed by atoms with Crippen LogP contribution < -0.4 is 5.32 Å². The van der Waals surface area contributed by atoms with Crippen molar-refractivity contribution in [3.63, 3.8) is 0 Å². The number of hydrogen-bond acceptors (Lipinski definition) is 5. The first-order chi connectivity index (χ1) is 7.75. The van der Waals surface area contributed by atoms with Crippen LogP contribution in [0, 0.1) is 0 Å². The first kappa shape index (κ1) is 11.0. The van der Waals surface area contributed by atoms with Gasteiger partial charge in [0.1, 0.15) is 10.8 Å². The Hall–Kier alpha value is -1.53. The molecule has 0 aliphatic rings. The zero-order chi connectivity index (χ0) is 11.4. The topological polar surface area (TPSA) is 67.8 Å². The molecule has 5 nitrogen and oxygen atoms in total. The van der Waals surface area contributed by atoms with Crippen LogP contribution in [-0.2, 0) is 6.54 Å². The van der Waals surface area contributed by atoms with Gasteiger partial charge in [0, 0.05) is 5.38 Å². The molecule has 0 atom stereocenters. The van der Waals surface area contributed by atoms with Gasteiger partial charge >= 0.3 is 0 Å². The van der Waals surface area contributed by atoms with E-state index >= 15 is 0 Å². The second-order valence-corrected chi connectivity index (χ2v) is 4.00. The Morgan fingerprint density at radius 1 is 1.50 bits per heavy atom. The van der Waals surface area contributed by atoms with Crippen molar-refractivity contribution in [2.24, 2.45) is 0 Å². The lowest BCUT2D eigenvalue weighted by molar-refractivity contribution is 0.0945. The van der Waals surface area contributed by atoms with Crippen LogP contribution in [0.25, 0.3) is 0 Å². The molecule has 2 heterocycles. The molecule has 1 amide bonds. The lowest BCUT2D eigenvalue weighted by Gasteiger charge is -2.01. The number of nitrogens with one attached hydrogen (secondary N) is 1. The molecule has 2 aromatic heterocycles. The molecule has 82 valence electrons. The number of thiazole rings is 1. The van der Waals surface area contributed by atoms with Crippen molar-refractivity contribution in [3.8, 4) is 0 Å². The van der Waals surface area contributed by atoms with E-state index in [1.54, 1.807) is 5.51 Å². The summed E-state index contributed by atoms with van der Waals surface area (Å²) >= 11 is 7.10. The van der Waals surface area contributed by atoms with E-state index < -0.39 is 0 Å². The van der Waals surface area contributed by atoms with Crippen molar-refractivity contribution in [1.29, 1.82) is 0 Å². The molecule has 2 aromatic rings. The molecule has 0 unspecified atom stereocenters. The van der Waals surface area contributed by atoms with Gasteiger partial charge in [0.2, 0.25) is 0 Å². The number of nitrogens with zero attached hydrogens (tertiary/aromatic N) is 3. The highest BCUT2D eigenvalue weighted by atomic mass is 35.5. The van der Waals surface area contributed by atoms with Gasteiger partial charge in [0.25, 0.3) is 5.91 Å². The molecule has 0 bridgehead atoms. The highest BCUT2D eigenvalue weighted by Gasteiger charge is 2.08. The average Bonchev–Trinajstić information content (AvgIpc) is 2.78. The van der Waals surface area contributed by atoms with E-state index in [9.17, 15) is 4.79 Å². The largest absolute Gasteiger partial charge is 0.345 e. The summed E-state index contributed by atoms with van der Waals surface area (Å²) in [5.41, 5.74) is 2.72. The first-order valence-electron chi connectivity index (χ1n) is 4.38. The molecule has 16 heavy (non-hydrogen) atoms. The minimum atomic E-state index is -0.317. The van der Waals surface area contributed by atoms with E-state index in [1.807, 2.05) is 5.38 Å². The third-order valence-electron chi connectivity index (χ3n) is 1.75. The highest BCUT2D eigenvalue weighted by Crippen LogP contribution is 2.03. The Labute approximate surface area is 101 Å². The Bertz CT molecular complexity index is 488. The standard InChI is InChI=1S/C9H7ClN4OS/c10-8-3-11-2-7(14-8)9(15)12-1-6-4-16-5-13-6/h2-5H,1H2,(H,12,15). The van der Waals surface area contributed by atoms with Crippen molar-refractivity contribution < 1.29 is 4.79 Å². The fraction of sp³-hybridized carbons (Fsp3) is 0.111. The molecule has 0 radical (unpaired) electrons. The summed E-state index contributed by atoms with van der Waals surface area (Å²) in [6.07, 6.45) is 2.74. The Morgan fingerprint density at radius 2 is 2.38 bits per heavy atom. The van der Waals surface area contributed by atoms with Crippen LogP contribution in [0.15, 0.2) is 23.3 Å². The lowest BCUT2D eigenvalue weighted by Crippen LogP contribution is -2.24. The van der Waals surface area contributed by atoms with E-state index in [-0.39, 0.29) is 16.8 Å². The van der Waals surface area contributed by atoms with Crippen LogP contribution in [0.2, 0.25) is 5.15 Å². The monoisotopic (exact) mass is 254 g/mol. The SMILES string of the molecule is O=C(NCc1cscn1)c1cncc(Cl)n1. The van der Waals surface area contributed by atoms with Crippen molar-refractivity contribution in [2.45, 2.75) is 6.54 Å². The molecule has 1 N–H and O–H groups in total. The van der Waals surface area contributed by atoms with Crippen LogP contribution in [0.1, 0.15) is 16.2 Å². The second-order valence-electron chi connectivity index (χ2n) is 2.89. The van der Waals surface area contributed by atoms with Crippen LogP contribution >= 0.6 is 22.9 Å². The molecule has 0 spiro atoms. The molecule has 2 rings (SSSR count). The normalized spacial score (nSPS) is 10.1. The van der Waals surface area contributed by atoms with Gasteiger partial charge in [-0.1, -0.05) is 11.6 Å². The summed E-state index contributed by atoms with van der Waals surface area (Å²) in [6.45, 7) is 0.372. The van der Waals surface area contributed by atoms with Gasteiger partial charge in [0.05, 0.1) is 30.1 Å². The maximum Gasteiger partial charge on any atom is 0.271 e. The van der Waals surface area contributed by atoms with Crippen LogP contribution in [0.3, 0.4) is 0 Å². The van der Waals surface area contributed by atoms with Crippen molar-refractivity contribution in [1.82, 2.24) is 20.3 Å². The molecule has 0 saturated heterocycles. The molecular weight excluding hydrogens is 248 g/mol. The van der Waals surface area contributed by atoms with Crippen molar-refractivity contribution in [3.05, 3.63) is 39.8 Å². The van der Waals surface area contributed by atoms with Crippen LogP contribution in [0.5, 0.6) is 0 Å². The zero-order valence-electron chi connectivity index (χ0n) is 8.05. The summed E-state index contributed by atoms with van der Waals surface area (Å²) in [6, 6.07) is 0. The maximum atomic E-state index is 11.6. The predicted octanol–water partition coefficient (Wildman–Crippen LogP) is 1.52. The Kier molecular flexibility index (Phi) is 3.43. The summed E-state index contributed by atoms with van der Waals surface area (Å²) in [4.78, 5) is 23.3. The number of rotatable bonds is 3. The quantitative estimate of drug-likeness (QED) is 0.902. The van der Waals surface area contributed by atoms with Crippen molar-refractivity contribution in [2.75, 3.05) is 0 Å². The number of carbonyl (C=O) groups is 1. The zero-order valence-corrected chi connectivity index (χ0v) is 9.63. The van der Waals surface area contributed by atoms with E-state index in [2.05, 4.69) is 20.3 Å². The number of aromatic nitrogens is 3. The fourth-order valence-corrected chi connectivity index (χ4v) is 1.74. The van der Waals surface area contributed by atoms with Gasteiger partial charge in [-0.3, -0.25) is 9.78 Å². The molecule has 0 aliphatic heterocycles. The Balaban J connectivity index is 1.98. The maximum absolute atomic E-state index is 11.6. The molecule has 7 heteroatoms. The molecular formula is C9H7ClN4OS. The number of carbonyl (C=O) groups excluding carboxylic acids is 1. The summed E-state index contributed by atoms with van der Waals surface area (Å²) in [5.74, 6) is -0.317. The second kappa shape index (κ2) is 5.00. The van der Waals surface area contributed by atoms with Gasteiger partial charge in [-0.05, 0) is 0 Å². The summed E-state index contributed by atoms with van der Waals surface area (Å²) in [5, 5.41) is 4.73. The minimum absolute atomic E-state index is 0.196. The number of hydrogen-bond donors (Lipinski definition) is 1. The smallest absolute Gasteiger partial charge is 0.271 e. The van der Waals surface area contributed by atoms with Gasteiger partial charge in [-0.2, -0.15) is 0 Å². The van der Waals surface area contributed by atoms with E-state index in [4.69, 9.17) is 11.6 Å². The van der Waals surface area contributed by atoms with Gasteiger partial charge in [0.15, 0.2) is 0 Å². The van der Waals surface area contributed by atoms with E-state index in [1.165, 1.54) is 23.7 Å². The van der Waals surface area contributed by atoms with E-state index in [0.29, 0.717) is 6.54 Å². The summed E-state index contributed by atoms with van der Waals surface area (Å²) < 4.78 is 0. The minimum Gasteiger partial charge on any atom is -0.345 e. The Morgan fingerprint density at radius 3 is 3.06 bits per heavy atom. The average molecular weight is 255 g/mol. The fourth-order valence-electron chi connectivity index (χ4n) is 1.04. The third-order valence-corrected chi connectivity index (χ3v) is 2.57.